The second-order valence-corrected chi connectivity index (χ2v) is 3.15. The molecule has 8 nitrogen and oxygen atoms in total. The van der Waals surface area contributed by atoms with Gasteiger partial charge in [0.05, 0.1) is 6.33 Å². The van der Waals surface area contributed by atoms with E-state index < -0.39 is 0 Å². The summed E-state index contributed by atoms with van der Waals surface area (Å²) in [6.07, 6.45) is 6.15. The maximum absolute atomic E-state index is 11.4. The fourth-order valence-corrected chi connectivity index (χ4v) is 1.22. The Bertz CT molecular complexity index is 421. The zero-order chi connectivity index (χ0) is 11.2. The van der Waals surface area contributed by atoms with Crippen molar-refractivity contribution < 1.29 is 4.79 Å². The predicted molar refractivity (Wildman–Crippen MR) is 53.4 cm³/mol. The Morgan fingerprint density at radius 1 is 1.56 bits per heavy atom. The standard InChI is InChI=1S/C8H11N7O/c16-8(7-11-13-14-12-7)10-2-1-4-15-5-3-9-6-15/h3,5-6H,1-2,4H2,(H,10,16)(H,11,12,13,14). The summed E-state index contributed by atoms with van der Waals surface area (Å²) in [5.41, 5.74) is 0. The summed E-state index contributed by atoms with van der Waals surface area (Å²) in [4.78, 5) is 15.3. The first kappa shape index (κ1) is 10.3. The first-order valence-corrected chi connectivity index (χ1v) is 4.83. The van der Waals surface area contributed by atoms with Crippen molar-refractivity contribution in [2.75, 3.05) is 6.54 Å². The van der Waals surface area contributed by atoms with Crippen LogP contribution in [-0.4, -0.2) is 42.6 Å². The van der Waals surface area contributed by atoms with Gasteiger partial charge in [0.2, 0.25) is 0 Å². The number of nitrogens with zero attached hydrogens (tertiary/aromatic N) is 5. The van der Waals surface area contributed by atoms with E-state index in [1.807, 2.05) is 10.8 Å². The van der Waals surface area contributed by atoms with Gasteiger partial charge in [0.25, 0.3) is 11.7 Å². The minimum atomic E-state index is -0.320. The van der Waals surface area contributed by atoms with Crippen molar-refractivity contribution in [1.82, 2.24) is 35.5 Å². The van der Waals surface area contributed by atoms with Crippen LogP contribution < -0.4 is 5.32 Å². The van der Waals surface area contributed by atoms with Crippen LogP contribution in [0.2, 0.25) is 0 Å². The predicted octanol–water partition coefficient (Wildman–Crippen LogP) is -0.784. The molecule has 84 valence electrons. The minimum Gasteiger partial charge on any atom is -0.349 e. The van der Waals surface area contributed by atoms with Crippen molar-refractivity contribution in [1.29, 1.82) is 0 Å². The number of aromatic nitrogens is 6. The lowest BCUT2D eigenvalue weighted by Gasteiger charge is -2.02. The van der Waals surface area contributed by atoms with Crippen LogP contribution in [0.1, 0.15) is 17.0 Å². The lowest BCUT2D eigenvalue weighted by Crippen LogP contribution is -2.26. The van der Waals surface area contributed by atoms with E-state index in [9.17, 15) is 4.79 Å². The summed E-state index contributed by atoms with van der Waals surface area (Å²) in [6.45, 7) is 1.37. The van der Waals surface area contributed by atoms with Gasteiger partial charge in [-0.25, -0.2) is 4.98 Å². The number of aromatic amines is 1. The number of carbonyl (C=O) groups excluding carboxylic acids is 1. The number of rotatable bonds is 5. The van der Waals surface area contributed by atoms with Crippen molar-refractivity contribution in [3.8, 4) is 0 Å². The van der Waals surface area contributed by atoms with Crippen LogP contribution in [0.15, 0.2) is 18.7 Å². The highest BCUT2D eigenvalue weighted by Gasteiger charge is 2.08. The molecule has 0 spiro atoms. The van der Waals surface area contributed by atoms with Crippen molar-refractivity contribution >= 4 is 5.91 Å². The largest absolute Gasteiger partial charge is 0.349 e. The van der Waals surface area contributed by atoms with Crippen LogP contribution in [0.4, 0.5) is 0 Å². The Balaban J connectivity index is 1.67. The molecular formula is C8H11N7O. The normalized spacial score (nSPS) is 10.2. The maximum Gasteiger partial charge on any atom is 0.292 e. The van der Waals surface area contributed by atoms with Crippen molar-refractivity contribution in [3.63, 3.8) is 0 Å². The number of carbonyl (C=O) groups is 1. The van der Waals surface area contributed by atoms with Gasteiger partial charge in [-0.3, -0.25) is 4.79 Å². The Labute approximate surface area is 91.1 Å². The molecule has 0 aliphatic carbocycles. The Morgan fingerprint density at radius 2 is 2.50 bits per heavy atom. The molecule has 16 heavy (non-hydrogen) atoms. The molecule has 0 saturated carbocycles. The van der Waals surface area contributed by atoms with Gasteiger partial charge in [-0.1, -0.05) is 0 Å². The number of aryl methyl sites for hydroxylation is 1. The molecule has 2 rings (SSSR count). The molecule has 0 bridgehead atoms. The Kier molecular flexibility index (Phi) is 3.22. The minimum absolute atomic E-state index is 0.0580. The van der Waals surface area contributed by atoms with Gasteiger partial charge >= 0.3 is 0 Å². The number of hydrogen-bond acceptors (Lipinski definition) is 5. The van der Waals surface area contributed by atoms with E-state index in [0.29, 0.717) is 6.54 Å². The van der Waals surface area contributed by atoms with Gasteiger partial charge < -0.3 is 9.88 Å². The highest BCUT2D eigenvalue weighted by molar-refractivity contribution is 5.89. The monoisotopic (exact) mass is 221 g/mol. The molecule has 0 unspecified atom stereocenters. The molecule has 2 aromatic rings. The average molecular weight is 221 g/mol. The van der Waals surface area contributed by atoms with E-state index in [0.717, 1.165) is 13.0 Å². The van der Waals surface area contributed by atoms with E-state index >= 15 is 0 Å². The zero-order valence-electron chi connectivity index (χ0n) is 8.50. The molecule has 2 heterocycles. The average Bonchev–Trinajstić information content (AvgIpc) is 2.96. The third-order valence-electron chi connectivity index (χ3n) is 1.99. The Morgan fingerprint density at radius 3 is 3.19 bits per heavy atom. The third-order valence-corrected chi connectivity index (χ3v) is 1.99. The van der Waals surface area contributed by atoms with E-state index in [4.69, 9.17) is 0 Å². The molecule has 2 aromatic heterocycles. The highest BCUT2D eigenvalue weighted by atomic mass is 16.2. The van der Waals surface area contributed by atoms with Crippen LogP contribution in [0, 0.1) is 0 Å². The molecule has 0 aliphatic heterocycles. The second-order valence-electron chi connectivity index (χ2n) is 3.15. The lowest BCUT2D eigenvalue weighted by atomic mass is 10.4. The van der Waals surface area contributed by atoms with Crippen LogP contribution >= 0.6 is 0 Å². The molecule has 1 amide bonds. The molecule has 2 N–H and O–H groups in total. The molecule has 0 atom stereocenters. The smallest absolute Gasteiger partial charge is 0.292 e. The van der Waals surface area contributed by atoms with E-state index in [2.05, 4.69) is 30.9 Å². The highest BCUT2D eigenvalue weighted by Crippen LogP contribution is 1.90. The molecule has 0 radical (unpaired) electrons. The second kappa shape index (κ2) is 5.01. The van der Waals surface area contributed by atoms with Crippen molar-refractivity contribution in [2.24, 2.45) is 0 Å². The molecule has 0 saturated heterocycles. The molecule has 0 aromatic carbocycles. The fourth-order valence-electron chi connectivity index (χ4n) is 1.22. The molecule has 0 fully saturated rings. The van der Waals surface area contributed by atoms with Gasteiger partial charge in [0, 0.05) is 25.5 Å². The summed E-state index contributed by atoms with van der Waals surface area (Å²) in [6, 6.07) is 0. The topological polar surface area (TPSA) is 101 Å². The number of amides is 1. The number of imidazole rings is 1. The summed E-state index contributed by atoms with van der Waals surface area (Å²) < 4.78 is 1.94. The van der Waals surface area contributed by atoms with Gasteiger partial charge in [0.1, 0.15) is 0 Å². The van der Waals surface area contributed by atoms with Crippen LogP contribution in [0.5, 0.6) is 0 Å². The van der Waals surface area contributed by atoms with Crippen LogP contribution in [0.25, 0.3) is 0 Å². The van der Waals surface area contributed by atoms with E-state index in [-0.39, 0.29) is 11.7 Å². The van der Waals surface area contributed by atoms with Gasteiger partial charge in [0.15, 0.2) is 0 Å². The van der Waals surface area contributed by atoms with Gasteiger partial charge in [-0.2, -0.15) is 5.21 Å². The quantitative estimate of drug-likeness (QED) is 0.645. The lowest BCUT2D eigenvalue weighted by molar-refractivity contribution is 0.0942. The van der Waals surface area contributed by atoms with Crippen molar-refractivity contribution in [2.45, 2.75) is 13.0 Å². The summed E-state index contributed by atoms with van der Waals surface area (Å²) in [5.74, 6) is -0.262. The van der Waals surface area contributed by atoms with Crippen LogP contribution in [0.3, 0.4) is 0 Å². The molecule has 0 aliphatic rings. The number of hydrogen-bond donors (Lipinski definition) is 2. The number of tetrazole rings is 1. The fraction of sp³-hybridized carbons (Fsp3) is 0.375. The molecule has 8 heteroatoms. The SMILES string of the molecule is O=C(NCCCn1ccnc1)c1nn[nH]n1. The third kappa shape index (κ3) is 2.62. The van der Waals surface area contributed by atoms with Gasteiger partial charge in [-0.15, -0.1) is 10.2 Å². The van der Waals surface area contributed by atoms with E-state index in [1.54, 1.807) is 12.5 Å². The number of H-pyrrole nitrogens is 1. The van der Waals surface area contributed by atoms with E-state index in [1.165, 1.54) is 0 Å². The van der Waals surface area contributed by atoms with Gasteiger partial charge in [-0.05, 0) is 11.6 Å². The van der Waals surface area contributed by atoms with Crippen LogP contribution in [-0.2, 0) is 6.54 Å². The van der Waals surface area contributed by atoms with Crippen molar-refractivity contribution in [3.05, 3.63) is 24.5 Å². The first-order valence-electron chi connectivity index (χ1n) is 4.83. The Hall–Kier alpha value is -2.25. The summed E-state index contributed by atoms with van der Waals surface area (Å²) in [7, 11) is 0. The number of nitrogens with one attached hydrogen (secondary N) is 2. The molecular weight excluding hydrogens is 210 g/mol. The maximum atomic E-state index is 11.4. The first-order chi connectivity index (χ1) is 7.86. The summed E-state index contributed by atoms with van der Waals surface area (Å²) >= 11 is 0. The zero-order valence-corrected chi connectivity index (χ0v) is 8.50. The summed E-state index contributed by atoms with van der Waals surface area (Å²) in [5, 5.41) is 15.4.